The van der Waals surface area contributed by atoms with Gasteiger partial charge >= 0.3 is 0 Å². The molecule has 1 aliphatic rings. The van der Waals surface area contributed by atoms with Crippen molar-refractivity contribution in [1.29, 1.82) is 0 Å². The summed E-state index contributed by atoms with van der Waals surface area (Å²) < 4.78 is 26.6. The second-order valence-electron chi connectivity index (χ2n) is 8.29. The van der Waals surface area contributed by atoms with E-state index >= 15 is 0 Å². The summed E-state index contributed by atoms with van der Waals surface area (Å²) in [4.78, 5) is 20.0. The Morgan fingerprint density at radius 2 is 1.85 bits per heavy atom. The van der Waals surface area contributed by atoms with Crippen molar-refractivity contribution in [3.8, 4) is 11.4 Å². The summed E-state index contributed by atoms with van der Waals surface area (Å²) in [7, 11) is -0.727. The number of hydrogen-bond acceptors (Lipinski definition) is 6. The standard InChI is InChI=1S/C23H28N6O3S/c1-16-24-22(27-26-16)17-8-7-9-18(14-17)25-23(30)20-15-19(33(31,32)28(2)3)10-11-21(20)29-12-5-4-6-13-29/h7-11,14-15H,4-6,12-13H2,1-3H3,(H,25,30)(H,24,26,27). The number of carbonyl (C=O) groups excluding carboxylic acids is 1. The molecule has 10 heteroatoms. The van der Waals surface area contributed by atoms with E-state index in [9.17, 15) is 13.2 Å². The molecule has 3 aromatic rings. The lowest BCUT2D eigenvalue weighted by atomic mass is 10.1. The Morgan fingerprint density at radius 1 is 1.09 bits per heavy atom. The molecule has 9 nitrogen and oxygen atoms in total. The highest BCUT2D eigenvalue weighted by molar-refractivity contribution is 7.89. The number of H-pyrrole nitrogens is 1. The van der Waals surface area contributed by atoms with E-state index < -0.39 is 10.0 Å². The Labute approximate surface area is 193 Å². The van der Waals surface area contributed by atoms with Crippen LogP contribution < -0.4 is 10.2 Å². The first-order chi connectivity index (χ1) is 15.8. The zero-order valence-corrected chi connectivity index (χ0v) is 19.8. The SMILES string of the molecule is Cc1nc(-c2cccc(NC(=O)c3cc(S(=O)(=O)N(C)C)ccc3N3CCCCC3)c2)n[nH]1. The molecule has 1 aliphatic heterocycles. The molecular formula is C23H28N6O3S. The molecule has 2 N–H and O–H groups in total. The number of nitrogens with zero attached hydrogens (tertiary/aromatic N) is 4. The van der Waals surface area contributed by atoms with Crippen molar-refractivity contribution in [2.45, 2.75) is 31.1 Å². The van der Waals surface area contributed by atoms with E-state index in [1.807, 2.05) is 19.1 Å². The highest BCUT2D eigenvalue weighted by atomic mass is 32.2. The summed E-state index contributed by atoms with van der Waals surface area (Å²) >= 11 is 0. The van der Waals surface area contributed by atoms with Crippen molar-refractivity contribution >= 4 is 27.3 Å². The van der Waals surface area contributed by atoms with Crippen molar-refractivity contribution in [1.82, 2.24) is 19.5 Å². The van der Waals surface area contributed by atoms with Crippen LogP contribution in [-0.2, 0) is 10.0 Å². The largest absolute Gasteiger partial charge is 0.371 e. The van der Waals surface area contributed by atoms with Crippen LogP contribution in [-0.4, -0.2) is 61.0 Å². The summed E-state index contributed by atoms with van der Waals surface area (Å²) in [5, 5.41) is 9.90. The maximum Gasteiger partial charge on any atom is 0.257 e. The Morgan fingerprint density at radius 3 is 2.52 bits per heavy atom. The van der Waals surface area contributed by atoms with E-state index in [4.69, 9.17) is 0 Å². The van der Waals surface area contributed by atoms with Crippen molar-refractivity contribution in [3.05, 3.63) is 53.9 Å². The van der Waals surface area contributed by atoms with E-state index in [-0.39, 0.29) is 10.8 Å². The maximum atomic E-state index is 13.4. The van der Waals surface area contributed by atoms with Gasteiger partial charge in [0.15, 0.2) is 5.82 Å². The average molecular weight is 469 g/mol. The van der Waals surface area contributed by atoms with Crippen molar-refractivity contribution < 1.29 is 13.2 Å². The topological polar surface area (TPSA) is 111 Å². The Hall–Kier alpha value is -3.24. The number of piperidine rings is 1. The van der Waals surface area contributed by atoms with Crippen LogP contribution in [0.15, 0.2) is 47.4 Å². The lowest BCUT2D eigenvalue weighted by Crippen LogP contribution is -2.32. The van der Waals surface area contributed by atoms with Gasteiger partial charge in [-0.05, 0) is 56.5 Å². The molecule has 0 bridgehead atoms. The van der Waals surface area contributed by atoms with E-state index in [1.54, 1.807) is 24.3 Å². The summed E-state index contributed by atoms with van der Waals surface area (Å²) in [6, 6.07) is 12.0. The summed E-state index contributed by atoms with van der Waals surface area (Å²) in [5.41, 5.74) is 2.41. The molecule has 33 heavy (non-hydrogen) atoms. The van der Waals surface area contributed by atoms with Gasteiger partial charge in [0, 0.05) is 44.1 Å². The lowest BCUT2D eigenvalue weighted by molar-refractivity contribution is 0.102. The van der Waals surface area contributed by atoms with Crippen LogP contribution in [0.1, 0.15) is 35.4 Å². The summed E-state index contributed by atoms with van der Waals surface area (Å²) in [6.45, 7) is 3.48. The van der Waals surface area contributed by atoms with Crippen LogP contribution in [0.4, 0.5) is 11.4 Å². The third kappa shape index (κ3) is 4.91. The van der Waals surface area contributed by atoms with Crippen molar-refractivity contribution in [2.75, 3.05) is 37.4 Å². The highest BCUT2D eigenvalue weighted by Gasteiger charge is 2.24. The van der Waals surface area contributed by atoms with Crippen LogP contribution in [0.5, 0.6) is 0 Å². The number of hydrogen-bond donors (Lipinski definition) is 2. The maximum absolute atomic E-state index is 13.4. The second-order valence-corrected chi connectivity index (χ2v) is 10.4. The zero-order valence-electron chi connectivity index (χ0n) is 19.0. The van der Waals surface area contributed by atoms with Crippen LogP contribution in [0.2, 0.25) is 0 Å². The minimum atomic E-state index is -3.68. The van der Waals surface area contributed by atoms with Gasteiger partial charge in [0.1, 0.15) is 5.82 Å². The number of carbonyl (C=O) groups is 1. The molecule has 0 saturated carbocycles. The van der Waals surface area contributed by atoms with Crippen LogP contribution in [0, 0.1) is 6.92 Å². The van der Waals surface area contributed by atoms with E-state index in [2.05, 4.69) is 25.4 Å². The number of aromatic nitrogens is 3. The molecular weight excluding hydrogens is 440 g/mol. The van der Waals surface area contributed by atoms with Gasteiger partial charge < -0.3 is 10.2 Å². The fourth-order valence-corrected chi connectivity index (χ4v) is 4.81. The smallest absolute Gasteiger partial charge is 0.257 e. The molecule has 0 aliphatic carbocycles. The van der Waals surface area contributed by atoms with E-state index in [0.717, 1.165) is 47.9 Å². The normalized spacial score (nSPS) is 14.5. The first-order valence-corrected chi connectivity index (χ1v) is 12.3. The minimum absolute atomic E-state index is 0.0864. The fourth-order valence-electron chi connectivity index (χ4n) is 3.89. The quantitative estimate of drug-likeness (QED) is 0.574. The zero-order chi connectivity index (χ0) is 23.6. The fraction of sp³-hybridized carbons (Fsp3) is 0.348. The van der Waals surface area contributed by atoms with Crippen molar-refractivity contribution in [2.24, 2.45) is 0 Å². The molecule has 0 atom stereocenters. The number of nitrogens with one attached hydrogen (secondary N) is 2. The lowest BCUT2D eigenvalue weighted by Gasteiger charge is -2.30. The Kier molecular flexibility index (Phi) is 6.48. The van der Waals surface area contributed by atoms with Gasteiger partial charge in [-0.25, -0.2) is 17.7 Å². The monoisotopic (exact) mass is 468 g/mol. The Balaban J connectivity index is 1.69. The van der Waals surface area contributed by atoms with Gasteiger partial charge in [0.25, 0.3) is 5.91 Å². The van der Waals surface area contributed by atoms with Crippen LogP contribution in [0.25, 0.3) is 11.4 Å². The predicted molar refractivity (Wildman–Crippen MR) is 128 cm³/mol. The van der Waals surface area contributed by atoms with Gasteiger partial charge in [0.05, 0.1) is 10.5 Å². The van der Waals surface area contributed by atoms with Gasteiger partial charge in [-0.15, -0.1) is 0 Å². The molecule has 0 unspecified atom stereocenters. The summed E-state index contributed by atoms with van der Waals surface area (Å²) in [6.07, 6.45) is 3.23. The van der Waals surface area contributed by atoms with Crippen LogP contribution in [0.3, 0.4) is 0 Å². The average Bonchev–Trinajstić information content (AvgIpc) is 3.25. The predicted octanol–water partition coefficient (Wildman–Crippen LogP) is 3.27. The minimum Gasteiger partial charge on any atom is -0.371 e. The third-order valence-electron chi connectivity index (χ3n) is 5.66. The first-order valence-electron chi connectivity index (χ1n) is 10.9. The molecule has 0 spiro atoms. The number of benzene rings is 2. The molecule has 174 valence electrons. The number of amides is 1. The van der Waals surface area contributed by atoms with Gasteiger partial charge in [-0.3, -0.25) is 9.89 Å². The summed E-state index contributed by atoms with van der Waals surface area (Å²) in [5.74, 6) is 0.871. The molecule has 2 heterocycles. The third-order valence-corrected chi connectivity index (χ3v) is 7.47. The Bertz CT molecular complexity index is 1260. The molecule has 4 rings (SSSR count). The molecule has 2 aromatic carbocycles. The number of rotatable bonds is 6. The highest BCUT2D eigenvalue weighted by Crippen LogP contribution is 2.29. The van der Waals surface area contributed by atoms with Crippen LogP contribution >= 0.6 is 0 Å². The number of aryl methyl sites for hydroxylation is 1. The van der Waals surface area contributed by atoms with Crippen molar-refractivity contribution in [3.63, 3.8) is 0 Å². The first kappa shape index (κ1) is 22.9. The van der Waals surface area contributed by atoms with Gasteiger partial charge in [-0.2, -0.15) is 5.10 Å². The number of anilines is 2. The van der Waals surface area contributed by atoms with Gasteiger partial charge in [-0.1, -0.05) is 12.1 Å². The number of sulfonamides is 1. The molecule has 1 aromatic heterocycles. The molecule has 1 saturated heterocycles. The van der Waals surface area contributed by atoms with E-state index in [1.165, 1.54) is 20.2 Å². The second kappa shape index (κ2) is 9.32. The number of aromatic amines is 1. The molecule has 1 amide bonds. The molecule has 1 fully saturated rings. The van der Waals surface area contributed by atoms with E-state index in [0.29, 0.717) is 22.9 Å². The van der Waals surface area contributed by atoms with Gasteiger partial charge in [0.2, 0.25) is 10.0 Å². The molecule has 0 radical (unpaired) electrons.